The van der Waals surface area contributed by atoms with E-state index in [1.807, 2.05) is 18.2 Å². The fourth-order valence-corrected chi connectivity index (χ4v) is 2.03. The molecule has 1 aromatic carbocycles. The molecule has 1 amide bonds. The molecule has 3 N–H and O–H groups in total. The summed E-state index contributed by atoms with van der Waals surface area (Å²) in [7, 11) is 0. The number of benzene rings is 1. The maximum Gasteiger partial charge on any atom is 0.238 e. The molecule has 2 rings (SSSR count). The molecule has 1 aromatic rings. The van der Waals surface area contributed by atoms with Crippen LogP contribution >= 0.6 is 0 Å². The van der Waals surface area contributed by atoms with Crippen molar-refractivity contribution in [1.82, 2.24) is 10.7 Å². The summed E-state index contributed by atoms with van der Waals surface area (Å²) in [4.78, 5) is 11.6. The van der Waals surface area contributed by atoms with E-state index < -0.39 is 0 Å². The van der Waals surface area contributed by atoms with Crippen LogP contribution in [0.4, 0.5) is 5.69 Å². The Morgan fingerprint density at radius 1 is 1.41 bits per heavy atom. The van der Waals surface area contributed by atoms with E-state index in [9.17, 15) is 4.79 Å². The number of hydrogen-bond acceptors (Lipinski definition) is 3. The van der Waals surface area contributed by atoms with Crippen molar-refractivity contribution in [2.45, 2.75) is 32.2 Å². The van der Waals surface area contributed by atoms with Crippen LogP contribution in [0.1, 0.15) is 25.3 Å². The molecular formula is C13H19N3O. The van der Waals surface area contributed by atoms with Gasteiger partial charge in [-0.1, -0.05) is 25.1 Å². The summed E-state index contributed by atoms with van der Waals surface area (Å²) < 4.78 is 0. The lowest BCUT2D eigenvalue weighted by Gasteiger charge is -2.24. The summed E-state index contributed by atoms with van der Waals surface area (Å²) >= 11 is 0. The summed E-state index contributed by atoms with van der Waals surface area (Å²) in [6.45, 7) is 2.91. The molecule has 17 heavy (non-hydrogen) atoms. The van der Waals surface area contributed by atoms with Crippen molar-refractivity contribution in [1.29, 1.82) is 0 Å². The molecule has 1 aliphatic heterocycles. The Bertz CT molecular complexity index is 392. The monoisotopic (exact) mass is 233 g/mol. The second kappa shape index (κ2) is 5.68. The molecule has 0 unspecified atom stereocenters. The fraction of sp³-hybridized carbons (Fsp3) is 0.462. The lowest BCUT2D eigenvalue weighted by molar-refractivity contribution is -0.124. The molecule has 92 valence electrons. The van der Waals surface area contributed by atoms with Crippen LogP contribution < -0.4 is 16.2 Å². The smallest absolute Gasteiger partial charge is 0.238 e. The van der Waals surface area contributed by atoms with E-state index in [0.717, 1.165) is 31.5 Å². The van der Waals surface area contributed by atoms with Crippen molar-refractivity contribution in [2.75, 3.05) is 12.0 Å². The van der Waals surface area contributed by atoms with E-state index in [1.54, 1.807) is 0 Å². The number of para-hydroxylation sites is 1. The predicted molar refractivity (Wildman–Crippen MR) is 68.6 cm³/mol. The quantitative estimate of drug-likeness (QED) is 0.690. The Kier molecular flexibility index (Phi) is 3.98. The molecule has 0 saturated carbocycles. The van der Waals surface area contributed by atoms with Crippen LogP contribution in [-0.4, -0.2) is 18.5 Å². The number of hydrogen-bond donors (Lipinski definition) is 3. The zero-order valence-corrected chi connectivity index (χ0v) is 10.1. The van der Waals surface area contributed by atoms with Gasteiger partial charge in [-0.2, -0.15) is 0 Å². The number of aryl methyl sites for hydroxylation is 1. The van der Waals surface area contributed by atoms with E-state index in [0.29, 0.717) is 0 Å². The van der Waals surface area contributed by atoms with Crippen LogP contribution in [0.5, 0.6) is 0 Å². The average molecular weight is 233 g/mol. The van der Waals surface area contributed by atoms with Gasteiger partial charge in [0.2, 0.25) is 5.91 Å². The maximum absolute atomic E-state index is 11.6. The van der Waals surface area contributed by atoms with Crippen molar-refractivity contribution in [3.63, 3.8) is 0 Å². The van der Waals surface area contributed by atoms with E-state index in [1.165, 1.54) is 5.56 Å². The number of hydrazine groups is 1. The van der Waals surface area contributed by atoms with Crippen molar-refractivity contribution < 1.29 is 4.79 Å². The molecular weight excluding hydrogens is 214 g/mol. The molecule has 0 aliphatic carbocycles. The molecule has 1 aliphatic rings. The average Bonchev–Trinajstić information content (AvgIpc) is 2.38. The Hall–Kier alpha value is -1.55. The normalized spacial score (nSPS) is 19.8. The Morgan fingerprint density at radius 3 is 3.00 bits per heavy atom. The number of nitrogens with one attached hydrogen (secondary N) is 3. The summed E-state index contributed by atoms with van der Waals surface area (Å²) in [5.74, 6) is 0.0812. The third-order valence-electron chi connectivity index (χ3n) is 3.06. The Morgan fingerprint density at radius 2 is 2.24 bits per heavy atom. The van der Waals surface area contributed by atoms with Crippen LogP contribution in [-0.2, 0) is 11.2 Å². The molecule has 4 nitrogen and oxygen atoms in total. The van der Waals surface area contributed by atoms with Gasteiger partial charge in [-0.05, 0) is 30.9 Å². The first-order chi connectivity index (χ1) is 8.31. The molecule has 4 heteroatoms. The standard InChI is InChI=1S/C13H19N3O/c1-2-10-6-3-4-7-11(10)15-16-12-8-5-9-14-13(12)17/h3-4,6-7,12,15-16H,2,5,8-9H2,1H3,(H,14,17)/t12-/m0/s1. The predicted octanol–water partition coefficient (Wildman–Crippen LogP) is 1.44. The van der Waals surface area contributed by atoms with Crippen molar-refractivity contribution >= 4 is 11.6 Å². The highest BCUT2D eigenvalue weighted by molar-refractivity contribution is 5.82. The van der Waals surface area contributed by atoms with Crippen molar-refractivity contribution in [3.8, 4) is 0 Å². The van der Waals surface area contributed by atoms with Crippen molar-refractivity contribution in [2.24, 2.45) is 0 Å². The molecule has 0 radical (unpaired) electrons. The van der Waals surface area contributed by atoms with E-state index in [-0.39, 0.29) is 11.9 Å². The lowest BCUT2D eigenvalue weighted by atomic mass is 10.1. The number of carbonyl (C=O) groups is 1. The van der Waals surface area contributed by atoms with Gasteiger partial charge in [0.25, 0.3) is 0 Å². The first-order valence-electron chi connectivity index (χ1n) is 6.18. The number of anilines is 1. The van der Waals surface area contributed by atoms with Gasteiger partial charge in [-0.25, -0.2) is 5.43 Å². The SMILES string of the molecule is CCc1ccccc1NN[C@H]1CCCNC1=O. The Labute approximate surface area is 102 Å². The molecule has 1 fully saturated rings. The highest BCUT2D eigenvalue weighted by Gasteiger charge is 2.21. The zero-order chi connectivity index (χ0) is 12.1. The zero-order valence-electron chi connectivity index (χ0n) is 10.1. The highest BCUT2D eigenvalue weighted by Crippen LogP contribution is 2.14. The van der Waals surface area contributed by atoms with Gasteiger partial charge in [-0.15, -0.1) is 0 Å². The summed E-state index contributed by atoms with van der Waals surface area (Å²) in [5.41, 5.74) is 8.55. The molecule has 0 aromatic heterocycles. The molecule has 1 saturated heterocycles. The van der Waals surface area contributed by atoms with Crippen LogP contribution in [0.15, 0.2) is 24.3 Å². The number of amides is 1. The van der Waals surface area contributed by atoms with Gasteiger partial charge >= 0.3 is 0 Å². The minimum Gasteiger partial charge on any atom is -0.355 e. The first-order valence-corrected chi connectivity index (χ1v) is 6.18. The summed E-state index contributed by atoms with van der Waals surface area (Å²) in [6.07, 6.45) is 2.88. The van der Waals surface area contributed by atoms with Crippen LogP contribution in [0, 0.1) is 0 Å². The largest absolute Gasteiger partial charge is 0.355 e. The van der Waals surface area contributed by atoms with Gasteiger partial charge in [-0.3, -0.25) is 4.79 Å². The first kappa shape index (κ1) is 11.9. The van der Waals surface area contributed by atoms with E-state index >= 15 is 0 Å². The van der Waals surface area contributed by atoms with Gasteiger partial charge < -0.3 is 10.7 Å². The van der Waals surface area contributed by atoms with E-state index in [4.69, 9.17) is 0 Å². The third-order valence-corrected chi connectivity index (χ3v) is 3.06. The maximum atomic E-state index is 11.6. The molecule has 1 heterocycles. The fourth-order valence-electron chi connectivity index (χ4n) is 2.03. The lowest BCUT2D eigenvalue weighted by Crippen LogP contribution is -2.50. The minimum atomic E-state index is -0.131. The van der Waals surface area contributed by atoms with Crippen LogP contribution in [0.2, 0.25) is 0 Å². The number of piperidine rings is 1. The number of rotatable bonds is 4. The van der Waals surface area contributed by atoms with Gasteiger partial charge in [0.1, 0.15) is 6.04 Å². The third kappa shape index (κ3) is 2.97. The topological polar surface area (TPSA) is 53.2 Å². The van der Waals surface area contributed by atoms with Gasteiger partial charge in [0.05, 0.1) is 5.69 Å². The molecule has 0 spiro atoms. The summed E-state index contributed by atoms with van der Waals surface area (Å²) in [5, 5.41) is 2.86. The second-order valence-corrected chi connectivity index (χ2v) is 4.27. The van der Waals surface area contributed by atoms with Crippen LogP contribution in [0.25, 0.3) is 0 Å². The highest BCUT2D eigenvalue weighted by atomic mass is 16.2. The molecule has 0 bridgehead atoms. The van der Waals surface area contributed by atoms with Gasteiger partial charge in [0.15, 0.2) is 0 Å². The van der Waals surface area contributed by atoms with Crippen LogP contribution in [0.3, 0.4) is 0 Å². The van der Waals surface area contributed by atoms with Crippen molar-refractivity contribution in [3.05, 3.63) is 29.8 Å². The van der Waals surface area contributed by atoms with E-state index in [2.05, 4.69) is 29.2 Å². The molecule has 1 atom stereocenters. The summed E-state index contributed by atoms with van der Waals surface area (Å²) in [6, 6.07) is 7.99. The number of carbonyl (C=O) groups excluding carboxylic acids is 1. The second-order valence-electron chi connectivity index (χ2n) is 4.27. The van der Waals surface area contributed by atoms with Gasteiger partial charge in [0, 0.05) is 6.54 Å². The minimum absolute atomic E-state index is 0.0812. The Balaban J connectivity index is 1.94.